The highest BCUT2D eigenvalue weighted by molar-refractivity contribution is 6.63. The van der Waals surface area contributed by atoms with Gasteiger partial charge < -0.3 is 11.5 Å². The number of Topliss-reactive ketones (excluding diaryl/α,β-unsaturated/α-hetero) is 2. The van der Waals surface area contributed by atoms with Gasteiger partial charge in [-0.3, -0.25) is 9.59 Å². The number of alkyl halides is 3. The molecule has 0 fully saturated rings. The third kappa shape index (κ3) is 13.2. The number of nitrogens with two attached hydrogens (primary N) is 2. The molecule has 0 spiro atoms. The van der Waals surface area contributed by atoms with Crippen molar-refractivity contribution in [2.75, 3.05) is 11.5 Å². The average Bonchev–Trinajstić information content (AvgIpc) is 3.16. The molecule has 0 radical (unpaired) electrons. The van der Waals surface area contributed by atoms with E-state index in [2.05, 4.69) is 0 Å². The highest BCUT2D eigenvalue weighted by Crippen LogP contribution is 2.31. The molecule has 7 rings (SSSR count). The van der Waals surface area contributed by atoms with Crippen LogP contribution in [0.2, 0.25) is 0 Å². The van der Waals surface area contributed by atoms with Crippen LogP contribution in [-0.2, 0) is 0 Å². The number of hydrogen-bond acceptors (Lipinski definition) is 6. The molecule has 0 aliphatic carbocycles. The Balaban J connectivity index is 0.000000230. The topological polar surface area (TPSA) is 112 Å². The van der Waals surface area contributed by atoms with Gasteiger partial charge in [0, 0.05) is 22.3 Å². The number of anilines is 2. The summed E-state index contributed by atoms with van der Waals surface area (Å²) in [7, 11) is 0. The summed E-state index contributed by atoms with van der Waals surface area (Å²) in [5, 5.41) is 0. The van der Waals surface area contributed by atoms with Gasteiger partial charge in [0.15, 0.2) is 4.30 Å². The molecule has 0 atom stereocenters. The number of fused-ring (bicyclic) bond motifs is 1. The predicted octanol–water partition coefficient (Wildman–Crippen LogP) is 11.7. The minimum Gasteiger partial charge on any atom is -0.397 e. The summed E-state index contributed by atoms with van der Waals surface area (Å²) in [4.78, 5) is 32.9. The Morgan fingerprint density at radius 3 is 0.982 bits per heavy atom. The van der Waals surface area contributed by atoms with Gasteiger partial charge in [0.2, 0.25) is 11.6 Å². The molecule has 13 heteroatoms. The number of nitrogen functional groups attached to an aromatic ring is 2. The molecule has 6 nitrogen and oxygen atoms in total. The fraction of sp³-hybridized carbons (Fsp3) is 0.0476. The van der Waals surface area contributed by atoms with Crippen LogP contribution in [0.1, 0.15) is 28.1 Å². The summed E-state index contributed by atoms with van der Waals surface area (Å²) in [5.41, 5.74) is 16.6. The van der Waals surface area contributed by atoms with Crippen LogP contribution in [0.3, 0.4) is 0 Å². The van der Waals surface area contributed by atoms with Gasteiger partial charge in [-0.05, 0) is 121 Å². The van der Waals surface area contributed by atoms with Crippen LogP contribution >= 0.6 is 34.8 Å². The van der Waals surface area contributed by atoms with E-state index in [1.54, 1.807) is 36.4 Å². The Bertz CT molecular complexity index is 2150. The van der Waals surface area contributed by atoms with E-state index in [1.807, 2.05) is 36.4 Å². The van der Waals surface area contributed by atoms with Crippen LogP contribution in [0.5, 0.6) is 0 Å². The van der Waals surface area contributed by atoms with E-state index in [1.165, 1.54) is 48.5 Å². The smallest absolute Gasteiger partial charge is 0.233 e. The largest absolute Gasteiger partial charge is 0.397 e. The van der Waals surface area contributed by atoms with Gasteiger partial charge >= 0.3 is 0 Å². The van der Waals surface area contributed by atoms with E-state index < -0.39 is 27.5 Å². The molecule has 0 saturated carbocycles. The van der Waals surface area contributed by atoms with Crippen molar-refractivity contribution in [1.29, 1.82) is 0 Å². The second-order valence-electron chi connectivity index (χ2n) is 11.0. The van der Waals surface area contributed by atoms with Crippen molar-refractivity contribution in [2.45, 2.75) is 11.7 Å². The van der Waals surface area contributed by atoms with E-state index in [9.17, 15) is 27.2 Å². The summed E-state index contributed by atoms with van der Waals surface area (Å²) < 4.78 is 51.1. The lowest BCUT2D eigenvalue weighted by molar-refractivity contribution is 0.0817. The second-order valence-corrected chi connectivity index (χ2v) is 13.0. The first-order valence-corrected chi connectivity index (χ1v) is 17.0. The predicted molar refractivity (Wildman–Crippen MR) is 215 cm³/mol. The Kier molecular flexibility index (Phi) is 16.8. The Morgan fingerprint density at radius 2 is 0.709 bits per heavy atom. The molecule has 4 N–H and O–H groups in total. The number of para-hydroxylation sites is 4. The summed E-state index contributed by atoms with van der Waals surface area (Å²) in [6.07, 6.45) is 0. The minimum absolute atomic E-state index is 0. The van der Waals surface area contributed by atoms with Crippen LogP contribution in [0, 0.1) is 23.3 Å². The molecule has 0 amide bonds. The quantitative estimate of drug-likeness (QED) is 0.0589. The molecule has 55 heavy (non-hydrogen) atoms. The zero-order valence-electron chi connectivity index (χ0n) is 27.9. The molecular formula is C42H33Cl3F4N4O2. The molecule has 6 aromatic carbocycles. The van der Waals surface area contributed by atoms with Gasteiger partial charge in [0.25, 0.3) is 0 Å². The summed E-state index contributed by atoms with van der Waals surface area (Å²) in [6, 6.07) is 36.4. The van der Waals surface area contributed by atoms with E-state index in [-0.39, 0.29) is 30.2 Å². The molecule has 0 saturated heterocycles. The first-order valence-electron chi connectivity index (χ1n) is 15.7. The van der Waals surface area contributed by atoms with Gasteiger partial charge in [-0.25, -0.2) is 27.5 Å². The van der Waals surface area contributed by atoms with Crippen molar-refractivity contribution in [3.63, 3.8) is 0 Å². The van der Waals surface area contributed by atoms with Crippen molar-refractivity contribution < 1.29 is 27.2 Å². The van der Waals surface area contributed by atoms with Crippen molar-refractivity contribution in [3.8, 4) is 22.5 Å². The number of benzene rings is 6. The van der Waals surface area contributed by atoms with Crippen molar-refractivity contribution in [2.24, 2.45) is 0 Å². The fourth-order valence-corrected chi connectivity index (χ4v) is 4.59. The third-order valence-electron chi connectivity index (χ3n) is 7.22. The molecule has 7 aromatic rings. The maximum atomic E-state index is 13.2. The van der Waals surface area contributed by atoms with E-state index in [0.29, 0.717) is 22.8 Å². The number of ketones is 2. The SMILES string of the molecule is C.ClC(Cl)Cl.Fc1ccc(-c2nc3ccccc3nc2-c2ccc(F)cc2)cc1.Nc1ccccc1N.O=C(C(=O)c1ccc(F)cc1)c1ccc(F)cc1. The summed E-state index contributed by atoms with van der Waals surface area (Å²) >= 11 is 14.4. The van der Waals surface area contributed by atoms with Crippen LogP contribution in [0.15, 0.2) is 146 Å². The lowest BCUT2D eigenvalue weighted by Gasteiger charge is -2.10. The highest BCUT2D eigenvalue weighted by atomic mass is 35.6. The lowest BCUT2D eigenvalue weighted by Crippen LogP contribution is -2.14. The van der Waals surface area contributed by atoms with E-state index >= 15 is 0 Å². The van der Waals surface area contributed by atoms with Crippen LogP contribution in [0.4, 0.5) is 28.9 Å². The Morgan fingerprint density at radius 1 is 0.455 bits per heavy atom. The number of carbonyl (C=O) groups excluding carboxylic acids is 2. The zero-order valence-corrected chi connectivity index (χ0v) is 30.2. The number of hydrogen-bond donors (Lipinski definition) is 2. The molecule has 0 aliphatic rings. The summed E-state index contributed by atoms with van der Waals surface area (Å²) in [5.74, 6) is -3.09. The first kappa shape index (κ1) is 43.6. The number of nitrogens with zero attached hydrogens (tertiary/aromatic N) is 2. The van der Waals surface area contributed by atoms with Crippen molar-refractivity contribution >= 4 is 68.8 Å². The van der Waals surface area contributed by atoms with Crippen LogP contribution in [0.25, 0.3) is 33.5 Å². The maximum Gasteiger partial charge on any atom is 0.233 e. The third-order valence-corrected chi connectivity index (χ3v) is 7.22. The molecule has 0 aliphatic heterocycles. The Labute approximate surface area is 330 Å². The van der Waals surface area contributed by atoms with Crippen molar-refractivity contribution in [3.05, 3.63) is 180 Å². The van der Waals surface area contributed by atoms with E-state index in [0.717, 1.165) is 46.4 Å². The second kappa shape index (κ2) is 21.2. The maximum absolute atomic E-state index is 13.2. The average molecular weight is 808 g/mol. The Hall–Kier alpha value is -5.81. The number of aromatic nitrogens is 2. The van der Waals surface area contributed by atoms with E-state index in [4.69, 9.17) is 56.2 Å². The standard InChI is InChI=1S/C20H12F2N2.C14H8F2O2.C6H8N2.CHCl3.CH4/c21-15-9-5-13(6-10-15)19-20(14-7-11-16(22)12-8-14)24-18-4-2-1-3-17(18)23-19;15-11-5-1-9(2-6-11)13(17)14(18)10-3-7-12(16)8-4-10;7-5-3-1-2-4-6(5)8;2-1(3)4;/h1-12H;1-8H;1-4H,7-8H2;1H;1H4. The number of rotatable bonds is 5. The fourth-order valence-electron chi connectivity index (χ4n) is 4.59. The normalized spacial score (nSPS) is 10.0. The molecule has 282 valence electrons. The zero-order chi connectivity index (χ0) is 39.2. The molecular weight excluding hydrogens is 775 g/mol. The molecule has 0 unspecified atom stereocenters. The van der Waals surface area contributed by atoms with Gasteiger partial charge in [-0.1, -0.05) is 66.5 Å². The van der Waals surface area contributed by atoms with Gasteiger partial charge in [-0.15, -0.1) is 0 Å². The molecule has 1 heterocycles. The van der Waals surface area contributed by atoms with Crippen LogP contribution < -0.4 is 11.5 Å². The van der Waals surface area contributed by atoms with Gasteiger partial charge in [0.1, 0.15) is 23.3 Å². The summed E-state index contributed by atoms with van der Waals surface area (Å²) in [6.45, 7) is 0. The van der Waals surface area contributed by atoms with Crippen molar-refractivity contribution in [1.82, 2.24) is 9.97 Å². The van der Waals surface area contributed by atoms with Gasteiger partial charge in [-0.2, -0.15) is 0 Å². The minimum atomic E-state index is -0.750. The number of carbonyl (C=O) groups is 2. The first-order chi connectivity index (χ1) is 25.8. The van der Waals surface area contributed by atoms with Gasteiger partial charge in [0.05, 0.1) is 33.8 Å². The monoisotopic (exact) mass is 806 g/mol. The number of halogens is 7. The molecule has 1 aromatic heterocycles. The van der Waals surface area contributed by atoms with Crippen LogP contribution in [-0.4, -0.2) is 25.8 Å². The lowest BCUT2D eigenvalue weighted by atomic mass is 10.0. The highest BCUT2D eigenvalue weighted by Gasteiger charge is 2.18. The molecule has 0 bridgehead atoms.